The van der Waals surface area contributed by atoms with E-state index in [1.807, 2.05) is 39.0 Å². The summed E-state index contributed by atoms with van der Waals surface area (Å²) in [5, 5.41) is 1.39. The molecule has 4 nitrogen and oxygen atoms in total. The van der Waals surface area contributed by atoms with Crippen LogP contribution in [0.3, 0.4) is 0 Å². The van der Waals surface area contributed by atoms with Gasteiger partial charge in [0, 0.05) is 9.90 Å². The third kappa shape index (κ3) is 3.10. The van der Waals surface area contributed by atoms with Crippen molar-refractivity contribution < 1.29 is 0 Å². The summed E-state index contributed by atoms with van der Waals surface area (Å²) < 4.78 is 2.03. The number of aromatic amines is 1. The van der Waals surface area contributed by atoms with Crippen LogP contribution in [0.25, 0.3) is 20.4 Å². The van der Waals surface area contributed by atoms with Crippen LogP contribution in [0.2, 0.25) is 5.02 Å². The van der Waals surface area contributed by atoms with Crippen molar-refractivity contribution in [2.45, 2.75) is 30.4 Å². The van der Waals surface area contributed by atoms with Gasteiger partial charge in [0.1, 0.15) is 10.7 Å². The van der Waals surface area contributed by atoms with Crippen molar-refractivity contribution in [3.8, 4) is 0 Å². The van der Waals surface area contributed by atoms with Gasteiger partial charge in [-0.25, -0.2) is 9.97 Å². The fraction of sp³-hybridized carbons (Fsp3) is 0.235. The lowest BCUT2D eigenvalue weighted by Gasteiger charge is -2.08. The third-order valence-corrected chi connectivity index (χ3v) is 7.63. The second-order valence-electron chi connectivity index (χ2n) is 5.77. The molecule has 25 heavy (non-hydrogen) atoms. The maximum absolute atomic E-state index is 12.4. The Labute approximate surface area is 161 Å². The first-order valence-electron chi connectivity index (χ1n) is 7.65. The zero-order chi connectivity index (χ0) is 17.7. The van der Waals surface area contributed by atoms with Crippen LogP contribution in [0.4, 0.5) is 0 Å². The lowest BCUT2D eigenvalue weighted by Crippen LogP contribution is -2.12. The van der Waals surface area contributed by atoms with Crippen molar-refractivity contribution >= 4 is 66.5 Å². The highest BCUT2D eigenvalue weighted by Gasteiger charge is 2.17. The SMILES string of the molecule is Cc1sc2nc([C@@H](C)Sc3nc4cc(Cl)ccc4s3)[nH]c(=O)c2c1C. The van der Waals surface area contributed by atoms with E-state index in [-0.39, 0.29) is 10.8 Å². The van der Waals surface area contributed by atoms with Gasteiger partial charge in [0.05, 0.1) is 20.9 Å². The number of nitrogens with one attached hydrogen (secondary N) is 1. The van der Waals surface area contributed by atoms with E-state index in [9.17, 15) is 4.79 Å². The largest absolute Gasteiger partial charge is 0.309 e. The Balaban J connectivity index is 1.69. The van der Waals surface area contributed by atoms with Gasteiger partial charge < -0.3 is 4.98 Å². The highest BCUT2D eigenvalue weighted by atomic mass is 35.5. The highest BCUT2D eigenvalue weighted by molar-refractivity contribution is 8.01. The van der Waals surface area contributed by atoms with E-state index in [1.165, 1.54) is 0 Å². The van der Waals surface area contributed by atoms with Gasteiger partial charge >= 0.3 is 0 Å². The molecule has 3 heterocycles. The summed E-state index contributed by atoms with van der Waals surface area (Å²) in [7, 11) is 0. The van der Waals surface area contributed by atoms with Gasteiger partial charge in [-0.05, 0) is 44.5 Å². The summed E-state index contributed by atoms with van der Waals surface area (Å²) in [5.74, 6) is 0.682. The molecule has 0 aliphatic rings. The summed E-state index contributed by atoms with van der Waals surface area (Å²) in [6.45, 7) is 6.02. The maximum atomic E-state index is 12.4. The molecule has 0 amide bonds. The molecule has 0 saturated carbocycles. The number of aryl methyl sites for hydroxylation is 2. The molecule has 1 atom stereocenters. The average molecular weight is 408 g/mol. The predicted molar refractivity (Wildman–Crippen MR) is 109 cm³/mol. The molecule has 4 aromatic rings. The van der Waals surface area contributed by atoms with Crippen molar-refractivity contribution in [3.63, 3.8) is 0 Å². The van der Waals surface area contributed by atoms with Gasteiger partial charge in [0.25, 0.3) is 5.56 Å². The zero-order valence-corrected chi connectivity index (χ0v) is 16.9. The number of aromatic nitrogens is 3. The van der Waals surface area contributed by atoms with Crippen molar-refractivity contribution in [2.75, 3.05) is 0 Å². The second-order valence-corrected chi connectivity index (χ2v) is 10.0. The number of nitrogens with zero attached hydrogens (tertiary/aromatic N) is 2. The number of thiophene rings is 1. The van der Waals surface area contributed by atoms with Crippen LogP contribution in [0, 0.1) is 13.8 Å². The molecular formula is C17H14ClN3OS3. The standard InChI is InChI=1S/C17H14ClN3OS3/c1-7-8(2)23-16-13(7)15(22)20-14(21-16)9(3)24-17-19-11-6-10(18)4-5-12(11)25-17/h4-6,9H,1-3H3,(H,20,21,22)/t9-/m1/s1. The first-order chi connectivity index (χ1) is 11.9. The topological polar surface area (TPSA) is 58.6 Å². The van der Waals surface area contributed by atoms with E-state index in [0.29, 0.717) is 16.2 Å². The fourth-order valence-electron chi connectivity index (χ4n) is 2.60. The molecule has 0 saturated heterocycles. The summed E-state index contributed by atoms with van der Waals surface area (Å²) in [6, 6.07) is 5.72. The van der Waals surface area contributed by atoms with Crippen LogP contribution in [-0.2, 0) is 0 Å². The Morgan fingerprint density at radius 3 is 2.84 bits per heavy atom. The van der Waals surface area contributed by atoms with E-state index in [0.717, 1.165) is 29.8 Å². The molecular weight excluding hydrogens is 394 g/mol. The van der Waals surface area contributed by atoms with Gasteiger partial charge in [0.15, 0.2) is 4.34 Å². The zero-order valence-electron chi connectivity index (χ0n) is 13.7. The van der Waals surface area contributed by atoms with Gasteiger partial charge in [-0.3, -0.25) is 4.79 Å². The summed E-state index contributed by atoms with van der Waals surface area (Å²) in [4.78, 5) is 26.6. The lowest BCUT2D eigenvalue weighted by molar-refractivity contribution is 0.924. The first-order valence-corrected chi connectivity index (χ1v) is 10.5. The summed E-state index contributed by atoms with van der Waals surface area (Å²) in [6.07, 6.45) is 0. The van der Waals surface area contributed by atoms with Crippen LogP contribution in [0.5, 0.6) is 0 Å². The highest BCUT2D eigenvalue weighted by Crippen LogP contribution is 2.38. The monoisotopic (exact) mass is 407 g/mol. The van der Waals surface area contributed by atoms with Crippen LogP contribution < -0.4 is 5.56 Å². The van der Waals surface area contributed by atoms with Crippen molar-refractivity contribution in [3.05, 3.63) is 49.8 Å². The summed E-state index contributed by atoms with van der Waals surface area (Å²) >= 11 is 10.8. The smallest absolute Gasteiger partial charge is 0.259 e. The minimum absolute atomic E-state index is 0.00385. The molecule has 0 radical (unpaired) electrons. The van der Waals surface area contributed by atoms with Gasteiger partial charge in [-0.1, -0.05) is 23.4 Å². The normalized spacial score (nSPS) is 13.0. The average Bonchev–Trinajstić information content (AvgIpc) is 3.07. The molecule has 0 fully saturated rings. The van der Waals surface area contributed by atoms with Crippen LogP contribution in [-0.4, -0.2) is 15.0 Å². The molecule has 0 unspecified atom stereocenters. The first kappa shape index (κ1) is 17.0. The number of rotatable bonds is 3. The van der Waals surface area contributed by atoms with Gasteiger partial charge in [-0.15, -0.1) is 22.7 Å². The number of H-pyrrole nitrogens is 1. The Kier molecular flexibility index (Phi) is 4.35. The van der Waals surface area contributed by atoms with E-state index in [1.54, 1.807) is 34.4 Å². The number of hydrogen-bond acceptors (Lipinski definition) is 6. The fourth-order valence-corrected chi connectivity index (χ4v) is 6.05. The van der Waals surface area contributed by atoms with Crippen molar-refractivity contribution in [1.82, 2.24) is 15.0 Å². The summed E-state index contributed by atoms with van der Waals surface area (Å²) in [5.41, 5.74) is 1.85. The Morgan fingerprint density at radius 2 is 2.04 bits per heavy atom. The number of hydrogen-bond donors (Lipinski definition) is 1. The van der Waals surface area contributed by atoms with Crippen LogP contribution in [0.15, 0.2) is 27.3 Å². The molecule has 0 aliphatic heterocycles. The maximum Gasteiger partial charge on any atom is 0.259 e. The molecule has 3 aromatic heterocycles. The molecule has 8 heteroatoms. The predicted octanol–water partition coefficient (Wildman–Crippen LogP) is 5.72. The van der Waals surface area contributed by atoms with Gasteiger partial charge in [-0.2, -0.15) is 0 Å². The van der Waals surface area contributed by atoms with Crippen molar-refractivity contribution in [1.29, 1.82) is 0 Å². The van der Waals surface area contributed by atoms with Gasteiger partial charge in [0.2, 0.25) is 0 Å². The van der Waals surface area contributed by atoms with Crippen LogP contribution >= 0.6 is 46.0 Å². The number of thiazole rings is 1. The van der Waals surface area contributed by atoms with E-state index in [2.05, 4.69) is 15.0 Å². The van der Waals surface area contributed by atoms with Crippen LogP contribution in [0.1, 0.15) is 28.4 Å². The number of benzene rings is 1. The van der Waals surface area contributed by atoms with E-state index in [4.69, 9.17) is 11.6 Å². The third-order valence-electron chi connectivity index (χ3n) is 4.05. The molecule has 0 bridgehead atoms. The number of fused-ring (bicyclic) bond motifs is 2. The Bertz CT molecular complexity index is 1160. The molecule has 128 valence electrons. The lowest BCUT2D eigenvalue weighted by atomic mass is 10.2. The minimum Gasteiger partial charge on any atom is -0.309 e. The molecule has 1 N–H and O–H groups in total. The number of halogens is 1. The Hall–Kier alpha value is -1.41. The second kappa shape index (κ2) is 6.39. The minimum atomic E-state index is -0.0645. The quantitative estimate of drug-likeness (QED) is 0.441. The molecule has 0 spiro atoms. The van der Waals surface area contributed by atoms with E-state index < -0.39 is 0 Å². The van der Waals surface area contributed by atoms with Crippen molar-refractivity contribution in [2.24, 2.45) is 0 Å². The molecule has 1 aromatic carbocycles. The van der Waals surface area contributed by atoms with E-state index >= 15 is 0 Å². The Morgan fingerprint density at radius 1 is 1.24 bits per heavy atom. The molecule has 0 aliphatic carbocycles. The molecule has 4 rings (SSSR count). The number of thioether (sulfide) groups is 1.